The molecule has 1 amide bonds. The van der Waals surface area contributed by atoms with Gasteiger partial charge >= 0.3 is 5.97 Å². The monoisotopic (exact) mass is 594 g/mol. The molecule has 1 N–H and O–H groups in total. The number of ether oxygens (including phenoxy) is 1. The zero-order valence-electron chi connectivity index (χ0n) is 20.2. The van der Waals surface area contributed by atoms with Gasteiger partial charge in [0.05, 0.1) is 10.6 Å². The number of anilines is 1. The second kappa shape index (κ2) is 12.5. The Balaban J connectivity index is 1.61. The van der Waals surface area contributed by atoms with E-state index >= 15 is 0 Å². The summed E-state index contributed by atoms with van der Waals surface area (Å²) in [7, 11) is -3.93. The van der Waals surface area contributed by atoms with Crippen LogP contribution in [0.1, 0.15) is 47.7 Å². The van der Waals surface area contributed by atoms with Crippen molar-refractivity contribution in [3.63, 3.8) is 0 Å². The highest BCUT2D eigenvalue weighted by Gasteiger charge is 2.30. The molecule has 7 nitrogen and oxygen atoms in total. The first-order valence-corrected chi connectivity index (χ1v) is 14.5. The predicted octanol–water partition coefficient (Wildman–Crippen LogP) is 6.75. The third-order valence-corrected chi connectivity index (χ3v) is 8.86. The molecule has 0 saturated carbocycles. The number of hydrogen-bond donors (Lipinski definition) is 1. The average molecular weight is 596 g/mol. The van der Waals surface area contributed by atoms with Gasteiger partial charge in [-0.2, -0.15) is 4.31 Å². The van der Waals surface area contributed by atoms with Crippen molar-refractivity contribution in [2.45, 2.75) is 36.7 Å². The second-order valence-corrected chi connectivity index (χ2v) is 12.0. The van der Waals surface area contributed by atoms with E-state index in [1.807, 2.05) is 0 Å². The van der Waals surface area contributed by atoms with Gasteiger partial charge in [-0.15, -0.1) is 0 Å². The minimum absolute atomic E-state index is 0.000911. The number of nitrogens with one attached hydrogen (secondary N) is 1. The summed E-state index contributed by atoms with van der Waals surface area (Å²) < 4.78 is 33.7. The Kier molecular flexibility index (Phi) is 9.33. The Bertz CT molecular complexity index is 1410. The summed E-state index contributed by atoms with van der Waals surface area (Å²) in [6, 6.07) is 16.9. The van der Waals surface area contributed by atoms with Gasteiger partial charge in [0.1, 0.15) is 4.90 Å². The van der Waals surface area contributed by atoms with Crippen LogP contribution in [0.3, 0.4) is 0 Å². The lowest BCUT2D eigenvalue weighted by molar-refractivity contribution is -0.125. The summed E-state index contributed by atoms with van der Waals surface area (Å²) >= 11 is 18.3. The highest BCUT2D eigenvalue weighted by molar-refractivity contribution is 7.89. The minimum Gasteiger partial charge on any atom is -0.444 e. The SMILES string of the molecule is O=C(O[C@H](C(=O)Nc1cc(Cl)cc(Cl)c1)c1ccccc1)c1ccc(Cl)c(S(=O)(=O)N2CCCCCC2)c1. The fourth-order valence-corrected chi connectivity index (χ4v) is 6.70. The van der Waals surface area contributed by atoms with Crippen LogP contribution in [0, 0.1) is 0 Å². The van der Waals surface area contributed by atoms with E-state index in [4.69, 9.17) is 39.5 Å². The fraction of sp³-hybridized carbons (Fsp3) is 0.259. The Labute approximate surface area is 236 Å². The molecular weight excluding hydrogens is 571 g/mol. The molecule has 1 atom stereocenters. The van der Waals surface area contributed by atoms with Gasteiger partial charge < -0.3 is 10.1 Å². The number of sulfonamides is 1. The summed E-state index contributed by atoms with van der Waals surface area (Å²) in [6.07, 6.45) is 2.07. The lowest BCUT2D eigenvalue weighted by Crippen LogP contribution is -2.32. The lowest BCUT2D eigenvalue weighted by atomic mass is 10.1. The van der Waals surface area contributed by atoms with Crippen LogP contribution >= 0.6 is 34.8 Å². The van der Waals surface area contributed by atoms with Crippen molar-refractivity contribution in [1.82, 2.24) is 4.31 Å². The zero-order chi connectivity index (χ0) is 27.3. The lowest BCUT2D eigenvalue weighted by Gasteiger charge is -2.21. The van der Waals surface area contributed by atoms with Crippen LogP contribution in [-0.4, -0.2) is 37.7 Å². The third-order valence-electron chi connectivity index (χ3n) is 6.05. The van der Waals surface area contributed by atoms with Crippen molar-refractivity contribution in [1.29, 1.82) is 0 Å². The van der Waals surface area contributed by atoms with Crippen LogP contribution < -0.4 is 5.32 Å². The van der Waals surface area contributed by atoms with E-state index in [0.717, 1.165) is 25.7 Å². The number of rotatable bonds is 7. The molecule has 0 bridgehead atoms. The maximum absolute atomic E-state index is 13.3. The topological polar surface area (TPSA) is 92.8 Å². The summed E-state index contributed by atoms with van der Waals surface area (Å²) in [5, 5.41) is 3.30. The molecule has 200 valence electrons. The molecule has 1 aliphatic rings. The number of benzene rings is 3. The van der Waals surface area contributed by atoms with Crippen LogP contribution in [0.15, 0.2) is 71.6 Å². The van der Waals surface area contributed by atoms with Gasteiger partial charge in [0, 0.05) is 34.4 Å². The van der Waals surface area contributed by atoms with Gasteiger partial charge in [0.2, 0.25) is 16.1 Å². The summed E-state index contributed by atoms with van der Waals surface area (Å²) in [5.41, 5.74) is 0.682. The first-order valence-electron chi connectivity index (χ1n) is 12.0. The Morgan fingerprint density at radius 3 is 2.11 bits per heavy atom. The zero-order valence-corrected chi connectivity index (χ0v) is 23.3. The number of carbonyl (C=O) groups is 2. The number of halogens is 3. The van der Waals surface area contributed by atoms with E-state index in [-0.39, 0.29) is 15.5 Å². The molecule has 1 saturated heterocycles. The summed E-state index contributed by atoms with van der Waals surface area (Å²) in [5.74, 6) is -1.53. The first kappa shape index (κ1) is 28.4. The van der Waals surface area contributed by atoms with Gasteiger partial charge in [-0.1, -0.05) is 78.0 Å². The molecule has 3 aromatic carbocycles. The van der Waals surface area contributed by atoms with Gasteiger partial charge in [-0.05, 0) is 49.2 Å². The number of nitrogens with zero attached hydrogens (tertiary/aromatic N) is 1. The molecule has 1 heterocycles. The predicted molar refractivity (Wildman–Crippen MR) is 148 cm³/mol. The van der Waals surface area contributed by atoms with Crippen molar-refractivity contribution in [2.24, 2.45) is 0 Å². The van der Waals surface area contributed by atoms with E-state index in [0.29, 0.717) is 34.4 Å². The molecule has 38 heavy (non-hydrogen) atoms. The molecule has 0 spiro atoms. The Morgan fingerprint density at radius 2 is 1.47 bits per heavy atom. The van der Waals surface area contributed by atoms with E-state index in [1.165, 1.54) is 40.7 Å². The molecule has 0 aliphatic carbocycles. The van der Waals surface area contributed by atoms with Crippen molar-refractivity contribution in [3.8, 4) is 0 Å². The van der Waals surface area contributed by atoms with Crippen LogP contribution in [0.2, 0.25) is 15.1 Å². The smallest absolute Gasteiger partial charge is 0.339 e. The minimum atomic E-state index is -3.93. The van der Waals surface area contributed by atoms with Crippen molar-refractivity contribution in [2.75, 3.05) is 18.4 Å². The Morgan fingerprint density at radius 1 is 0.842 bits per heavy atom. The Hall–Kier alpha value is -2.62. The number of amides is 1. The maximum atomic E-state index is 13.3. The van der Waals surface area contributed by atoms with Crippen molar-refractivity contribution >= 4 is 62.4 Å². The van der Waals surface area contributed by atoms with Gasteiger partial charge in [-0.25, -0.2) is 13.2 Å². The van der Waals surface area contributed by atoms with Crippen molar-refractivity contribution < 1.29 is 22.7 Å². The van der Waals surface area contributed by atoms with E-state index < -0.39 is 28.0 Å². The number of carbonyl (C=O) groups excluding carboxylic acids is 2. The maximum Gasteiger partial charge on any atom is 0.339 e. The molecular formula is C27H25Cl3N2O5S. The van der Waals surface area contributed by atoms with E-state index in [9.17, 15) is 18.0 Å². The van der Waals surface area contributed by atoms with Crippen LogP contribution in [0.5, 0.6) is 0 Å². The van der Waals surface area contributed by atoms with Gasteiger partial charge in [0.15, 0.2) is 0 Å². The number of hydrogen-bond acceptors (Lipinski definition) is 5. The van der Waals surface area contributed by atoms with E-state index in [1.54, 1.807) is 30.3 Å². The molecule has 0 aromatic heterocycles. The van der Waals surface area contributed by atoms with Crippen LogP contribution in [-0.2, 0) is 19.6 Å². The molecule has 0 unspecified atom stereocenters. The normalized spacial score (nSPS) is 15.3. The third kappa shape index (κ3) is 6.87. The van der Waals surface area contributed by atoms with Crippen molar-refractivity contribution in [3.05, 3.63) is 92.9 Å². The molecule has 1 aliphatic heterocycles. The molecule has 3 aromatic rings. The van der Waals surface area contributed by atoms with Gasteiger partial charge in [0.25, 0.3) is 5.91 Å². The number of esters is 1. The van der Waals surface area contributed by atoms with Crippen LogP contribution in [0.4, 0.5) is 5.69 Å². The molecule has 0 radical (unpaired) electrons. The first-order chi connectivity index (χ1) is 18.1. The highest BCUT2D eigenvalue weighted by Crippen LogP contribution is 2.30. The quantitative estimate of drug-likeness (QED) is 0.305. The summed E-state index contributed by atoms with van der Waals surface area (Å²) in [6.45, 7) is 0.772. The molecule has 11 heteroatoms. The largest absolute Gasteiger partial charge is 0.444 e. The van der Waals surface area contributed by atoms with Gasteiger partial charge in [-0.3, -0.25) is 4.79 Å². The molecule has 1 fully saturated rings. The van der Waals surface area contributed by atoms with Crippen LogP contribution in [0.25, 0.3) is 0 Å². The highest BCUT2D eigenvalue weighted by atomic mass is 35.5. The standard InChI is InChI=1S/C27H25Cl3N2O5S/c28-20-15-21(29)17-22(16-20)31-26(33)25(18-8-4-3-5-9-18)37-27(34)19-10-11-23(30)24(14-19)38(35,36)32-12-6-1-2-7-13-32/h3-5,8-11,14-17,25H,1-2,6-7,12-13H2,(H,31,33)/t25-/m0/s1. The van der Waals surface area contributed by atoms with E-state index in [2.05, 4.69) is 5.32 Å². The fourth-order valence-electron chi connectivity index (χ4n) is 4.16. The summed E-state index contributed by atoms with van der Waals surface area (Å²) in [4.78, 5) is 26.3. The molecule has 4 rings (SSSR count). The second-order valence-electron chi connectivity index (χ2n) is 8.81. The average Bonchev–Trinajstić information content (AvgIpc) is 3.17.